The van der Waals surface area contributed by atoms with E-state index in [1.54, 1.807) is 0 Å². The fraction of sp³-hybridized carbons (Fsp3) is 0.462. The molecule has 1 aromatic carbocycles. The van der Waals surface area contributed by atoms with Crippen LogP contribution in [0.15, 0.2) is 12.1 Å². The van der Waals surface area contributed by atoms with Gasteiger partial charge in [-0.3, -0.25) is 0 Å². The predicted molar refractivity (Wildman–Crippen MR) is 60.8 cm³/mol. The van der Waals surface area contributed by atoms with Crippen LogP contribution in [0.1, 0.15) is 42.5 Å². The monoisotopic (exact) mass is 256 g/mol. The summed E-state index contributed by atoms with van der Waals surface area (Å²) in [6.07, 6.45) is 4.46. The molecule has 0 saturated heterocycles. The molecule has 2 rings (SSSR count). The molecule has 0 heterocycles. The summed E-state index contributed by atoms with van der Waals surface area (Å²) in [5.41, 5.74) is -0.416. The summed E-state index contributed by atoms with van der Waals surface area (Å²) in [6, 6.07) is 1.56. The highest BCUT2D eigenvalue weighted by atomic mass is 19.1. The lowest BCUT2D eigenvalue weighted by Crippen LogP contribution is -2.21. The van der Waals surface area contributed by atoms with Crippen molar-refractivity contribution < 1.29 is 23.4 Å². The molecule has 0 bridgehead atoms. The van der Waals surface area contributed by atoms with Gasteiger partial charge in [-0.05, 0) is 37.8 Å². The van der Waals surface area contributed by atoms with Gasteiger partial charge in [0, 0.05) is 0 Å². The average Bonchev–Trinajstić information content (AvgIpc) is 2.34. The quantitative estimate of drug-likeness (QED) is 0.901. The minimum atomic E-state index is -1.36. The highest BCUT2D eigenvalue weighted by molar-refractivity contribution is 5.87. The number of carboxylic acids is 1. The van der Waals surface area contributed by atoms with E-state index < -0.39 is 28.9 Å². The molecule has 1 aliphatic rings. The molecule has 98 valence electrons. The van der Waals surface area contributed by atoms with E-state index in [4.69, 9.17) is 9.84 Å². The van der Waals surface area contributed by atoms with E-state index in [1.165, 1.54) is 0 Å². The summed E-state index contributed by atoms with van der Waals surface area (Å²) in [4.78, 5) is 10.6. The zero-order valence-electron chi connectivity index (χ0n) is 9.79. The summed E-state index contributed by atoms with van der Waals surface area (Å²) in [5, 5.41) is 8.67. The van der Waals surface area contributed by atoms with Crippen molar-refractivity contribution in [3.8, 4) is 5.75 Å². The molecule has 0 aliphatic heterocycles. The Balaban J connectivity index is 2.19. The second-order valence-electron chi connectivity index (χ2n) is 4.45. The average molecular weight is 256 g/mol. The lowest BCUT2D eigenvalue weighted by atomic mass is 9.98. The van der Waals surface area contributed by atoms with E-state index in [-0.39, 0.29) is 6.10 Å². The van der Waals surface area contributed by atoms with Crippen molar-refractivity contribution >= 4 is 5.97 Å². The molecule has 0 atom stereocenters. The van der Waals surface area contributed by atoms with Crippen LogP contribution < -0.4 is 4.74 Å². The van der Waals surface area contributed by atoms with Crippen molar-refractivity contribution in [1.29, 1.82) is 0 Å². The number of ether oxygens (including phenoxy) is 1. The minimum absolute atomic E-state index is 0.182. The van der Waals surface area contributed by atoms with Crippen LogP contribution in [0.2, 0.25) is 0 Å². The van der Waals surface area contributed by atoms with E-state index in [0.29, 0.717) is 0 Å². The molecule has 1 saturated carbocycles. The Hall–Kier alpha value is -1.65. The molecular formula is C13H14F2O3. The first-order valence-corrected chi connectivity index (χ1v) is 5.97. The van der Waals surface area contributed by atoms with Gasteiger partial charge >= 0.3 is 5.97 Å². The number of carboxylic acid groups (broad SMARTS) is 1. The fourth-order valence-electron chi connectivity index (χ4n) is 2.15. The number of carbonyl (C=O) groups is 1. The van der Waals surface area contributed by atoms with Crippen LogP contribution in [-0.2, 0) is 0 Å². The van der Waals surface area contributed by atoms with Crippen LogP contribution in [0.5, 0.6) is 5.75 Å². The molecule has 0 aromatic heterocycles. The number of halogens is 2. The van der Waals surface area contributed by atoms with Crippen molar-refractivity contribution in [3.05, 3.63) is 29.3 Å². The largest absolute Gasteiger partial charge is 0.484 e. The standard InChI is InChI=1S/C13H14F2O3/c14-10-6-8(13(16)17)7-11(15)12(10)18-9-4-2-1-3-5-9/h6-7,9H,1-5H2,(H,16,17). The molecule has 0 unspecified atom stereocenters. The normalized spacial score (nSPS) is 16.6. The maximum atomic E-state index is 13.6. The van der Waals surface area contributed by atoms with Gasteiger partial charge < -0.3 is 9.84 Å². The number of hydrogen-bond acceptors (Lipinski definition) is 2. The van der Waals surface area contributed by atoms with Crippen LogP contribution in [0.25, 0.3) is 0 Å². The van der Waals surface area contributed by atoms with E-state index in [9.17, 15) is 13.6 Å². The Bertz CT molecular complexity index is 431. The van der Waals surface area contributed by atoms with Gasteiger partial charge in [0.1, 0.15) is 0 Å². The molecule has 5 heteroatoms. The van der Waals surface area contributed by atoms with Crippen molar-refractivity contribution in [2.45, 2.75) is 38.2 Å². The Morgan fingerprint density at radius 1 is 1.17 bits per heavy atom. The van der Waals surface area contributed by atoms with E-state index >= 15 is 0 Å². The van der Waals surface area contributed by atoms with Gasteiger partial charge in [0.15, 0.2) is 17.4 Å². The first kappa shape index (κ1) is 12.8. The zero-order valence-corrected chi connectivity index (χ0v) is 9.79. The van der Waals surface area contributed by atoms with Gasteiger partial charge in [-0.1, -0.05) is 6.42 Å². The van der Waals surface area contributed by atoms with Crippen molar-refractivity contribution in [2.24, 2.45) is 0 Å². The Morgan fingerprint density at radius 2 is 1.72 bits per heavy atom. The highest BCUT2D eigenvalue weighted by Crippen LogP contribution is 2.28. The number of aromatic carboxylic acids is 1. The van der Waals surface area contributed by atoms with E-state index in [1.807, 2.05) is 0 Å². The lowest BCUT2D eigenvalue weighted by Gasteiger charge is -2.23. The summed E-state index contributed by atoms with van der Waals surface area (Å²) < 4.78 is 32.5. The Morgan fingerprint density at radius 3 is 2.22 bits per heavy atom. The summed E-state index contributed by atoms with van der Waals surface area (Å²) >= 11 is 0. The highest BCUT2D eigenvalue weighted by Gasteiger charge is 2.21. The predicted octanol–water partition coefficient (Wildman–Crippen LogP) is 3.37. The first-order chi connectivity index (χ1) is 8.58. The first-order valence-electron chi connectivity index (χ1n) is 5.97. The van der Waals surface area contributed by atoms with Crippen molar-refractivity contribution in [1.82, 2.24) is 0 Å². The number of hydrogen-bond donors (Lipinski definition) is 1. The van der Waals surface area contributed by atoms with Gasteiger partial charge in [0.05, 0.1) is 11.7 Å². The van der Waals surface area contributed by atoms with Crippen LogP contribution >= 0.6 is 0 Å². The summed E-state index contributed by atoms with van der Waals surface area (Å²) in [7, 11) is 0. The molecule has 1 fully saturated rings. The van der Waals surface area contributed by atoms with Crippen molar-refractivity contribution in [2.75, 3.05) is 0 Å². The molecule has 1 aliphatic carbocycles. The Kier molecular flexibility index (Phi) is 3.79. The van der Waals surface area contributed by atoms with Gasteiger partial charge in [-0.25, -0.2) is 13.6 Å². The van der Waals surface area contributed by atoms with Crippen LogP contribution in [0.3, 0.4) is 0 Å². The van der Waals surface area contributed by atoms with Gasteiger partial charge in [-0.2, -0.15) is 0 Å². The third-order valence-electron chi connectivity index (χ3n) is 3.08. The maximum absolute atomic E-state index is 13.6. The topological polar surface area (TPSA) is 46.5 Å². The third kappa shape index (κ3) is 2.78. The van der Waals surface area contributed by atoms with Crippen LogP contribution in [-0.4, -0.2) is 17.2 Å². The molecule has 0 spiro atoms. The molecule has 0 radical (unpaired) electrons. The van der Waals surface area contributed by atoms with E-state index in [0.717, 1.165) is 44.2 Å². The van der Waals surface area contributed by atoms with Gasteiger partial charge in [0.25, 0.3) is 0 Å². The summed E-state index contributed by atoms with van der Waals surface area (Å²) in [6.45, 7) is 0. The molecule has 18 heavy (non-hydrogen) atoms. The minimum Gasteiger partial charge on any atom is -0.484 e. The molecule has 1 aromatic rings. The third-order valence-corrected chi connectivity index (χ3v) is 3.08. The van der Waals surface area contributed by atoms with Crippen molar-refractivity contribution in [3.63, 3.8) is 0 Å². The van der Waals surface area contributed by atoms with E-state index in [2.05, 4.69) is 0 Å². The molecule has 0 amide bonds. The smallest absolute Gasteiger partial charge is 0.335 e. The molecule has 1 N–H and O–H groups in total. The zero-order chi connectivity index (χ0) is 13.1. The van der Waals surface area contributed by atoms with Crippen LogP contribution in [0, 0.1) is 11.6 Å². The van der Waals surface area contributed by atoms with Gasteiger partial charge in [0.2, 0.25) is 0 Å². The fourth-order valence-corrected chi connectivity index (χ4v) is 2.15. The second-order valence-corrected chi connectivity index (χ2v) is 4.45. The summed E-state index contributed by atoms with van der Waals surface area (Å²) in [5.74, 6) is -3.75. The SMILES string of the molecule is O=C(O)c1cc(F)c(OC2CCCCC2)c(F)c1. The number of benzene rings is 1. The second kappa shape index (κ2) is 5.33. The van der Waals surface area contributed by atoms with Gasteiger partial charge in [-0.15, -0.1) is 0 Å². The maximum Gasteiger partial charge on any atom is 0.335 e. The number of rotatable bonds is 3. The Labute approximate surface area is 103 Å². The molecular weight excluding hydrogens is 242 g/mol. The van der Waals surface area contributed by atoms with Crippen LogP contribution in [0.4, 0.5) is 8.78 Å². The lowest BCUT2D eigenvalue weighted by molar-refractivity contribution is 0.0695. The molecule has 3 nitrogen and oxygen atoms in total.